The maximum absolute atomic E-state index is 13.5. The van der Waals surface area contributed by atoms with Crippen molar-refractivity contribution in [1.82, 2.24) is 9.66 Å². The number of fused-ring (bicyclic) bond motifs is 1. The molecule has 0 amide bonds. The molecule has 4 aromatic rings. The van der Waals surface area contributed by atoms with Gasteiger partial charge in [-0.15, -0.1) is 6.58 Å². The molecular formula is C30H29Br2N3O3. The number of benzene rings is 3. The van der Waals surface area contributed by atoms with Gasteiger partial charge in [0, 0.05) is 19.9 Å². The Morgan fingerprint density at radius 3 is 2.42 bits per heavy atom. The lowest BCUT2D eigenvalue weighted by Gasteiger charge is -2.21. The van der Waals surface area contributed by atoms with Crippen LogP contribution in [0.15, 0.2) is 86.1 Å². The third kappa shape index (κ3) is 6.25. The Kier molecular flexibility index (Phi) is 8.53. The van der Waals surface area contributed by atoms with Crippen molar-refractivity contribution in [2.75, 3.05) is 7.11 Å². The molecule has 0 atom stereocenters. The number of aromatic nitrogens is 2. The van der Waals surface area contributed by atoms with E-state index in [0.29, 0.717) is 41.3 Å². The quantitative estimate of drug-likeness (QED) is 0.149. The predicted octanol–water partition coefficient (Wildman–Crippen LogP) is 7.42. The number of methoxy groups -OCH3 is 1. The van der Waals surface area contributed by atoms with Crippen molar-refractivity contribution < 1.29 is 9.47 Å². The van der Waals surface area contributed by atoms with Gasteiger partial charge < -0.3 is 9.47 Å². The zero-order valence-corrected chi connectivity index (χ0v) is 25.0. The van der Waals surface area contributed by atoms with Crippen LogP contribution in [0.1, 0.15) is 43.3 Å². The average molecular weight is 639 g/mol. The van der Waals surface area contributed by atoms with E-state index in [1.165, 1.54) is 4.68 Å². The van der Waals surface area contributed by atoms with Crippen LogP contribution in [0.2, 0.25) is 0 Å². The van der Waals surface area contributed by atoms with E-state index < -0.39 is 5.41 Å². The lowest BCUT2D eigenvalue weighted by atomic mass is 9.95. The van der Waals surface area contributed by atoms with Crippen molar-refractivity contribution >= 4 is 49.0 Å². The SMILES string of the molecule is C=CCc1cc(C=Nn2c(C(C)(C)C)nc3ccc(Br)cc3c2=O)cc(OC)c1OCc1ccc(Br)cc1. The molecule has 1 heterocycles. The van der Waals surface area contributed by atoms with Gasteiger partial charge in [-0.3, -0.25) is 4.79 Å². The van der Waals surface area contributed by atoms with Crippen LogP contribution >= 0.6 is 31.9 Å². The number of nitrogens with zero attached hydrogens (tertiary/aromatic N) is 3. The van der Waals surface area contributed by atoms with Gasteiger partial charge in [0.25, 0.3) is 5.56 Å². The van der Waals surface area contributed by atoms with Crippen molar-refractivity contribution in [1.29, 1.82) is 0 Å². The van der Waals surface area contributed by atoms with E-state index in [4.69, 9.17) is 14.5 Å². The summed E-state index contributed by atoms with van der Waals surface area (Å²) in [6.45, 7) is 10.3. The molecule has 0 bridgehead atoms. The fourth-order valence-electron chi connectivity index (χ4n) is 3.98. The zero-order chi connectivity index (χ0) is 27.4. The smallest absolute Gasteiger partial charge is 0.282 e. The third-order valence-corrected chi connectivity index (χ3v) is 6.86. The van der Waals surface area contributed by atoms with Crippen LogP contribution in [0.4, 0.5) is 0 Å². The third-order valence-electron chi connectivity index (χ3n) is 5.84. The van der Waals surface area contributed by atoms with Gasteiger partial charge in [-0.05, 0) is 60.0 Å². The zero-order valence-electron chi connectivity index (χ0n) is 21.8. The molecule has 0 aliphatic carbocycles. The Morgan fingerprint density at radius 1 is 1.05 bits per heavy atom. The first-order valence-electron chi connectivity index (χ1n) is 12.1. The average Bonchev–Trinajstić information content (AvgIpc) is 2.88. The molecule has 0 saturated carbocycles. The van der Waals surface area contributed by atoms with Crippen LogP contribution in [0, 0.1) is 0 Å². The lowest BCUT2D eigenvalue weighted by Crippen LogP contribution is -2.29. The largest absolute Gasteiger partial charge is 0.493 e. The summed E-state index contributed by atoms with van der Waals surface area (Å²) in [5, 5.41) is 5.10. The van der Waals surface area contributed by atoms with Gasteiger partial charge in [-0.1, -0.05) is 70.8 Å². The summed E-state index contributed by atoms with van der Waals surface area (Å²) >= 11 is 6.91. The van der Waals surface area contributed by atoms with Crippen LogP contribution < -0.4 is 15.0 Å². The summed E-state index contributed by atoms with van der Waals surface area (Å²) in [6.07, 6.45) is 4.04. The molecule has 196 valence electrons. The molecule has 0 fully saturated rings. The minimum absolute atomic E-state index is 0.231. The second-order valence-corrected chi connectivity index (χ2v) is 11.7. The van der Waals surface area contributed by atoms with E-state index in [1.807, 2.05) is 75.4 Å². The van der Waals surface area contributed by atoms with Gasteiger partial charge in [-0.25, -0.2) is 4.98 Å². The minimum atomic E-state index is -0.409. The van der Waals surface area contributed by atoms with Crippen LogP contribution in [-0.4, -0.2) is 23.0 Å². The van der Waals surface area contributed by atoms with E-state index in [1.54, 1.807) is 19.4 Å². The summed E-state index contributed by atoms with van der Waals surface area (Å²) in [7, 11) is 1.60. The second-order valence-electron chi connectivity index (χ2n) is 9.83. The van der Waals surface area contributed by atoms with E-state index in [0.717, 1.165) is 25.6 Å². The first-order chi connectivity index (χ1) is 18.1. The number of halogens is 2. The lowest BCUT2D eigenvalue weighted by molar-refractivity contribution is 0.282. The fourth-order valence-corrected chi connectivity index (χ4v) is 4.61. The highest BCUT2D eigenvalue weighted by molar-refractivity contribution is 9.10. The second kappa shape index (κ2) is 11.7. The first-order valence-corrected chi connectivity index (χ1v) is 13.7. The van der Waals surface area contributed by atoms with Gasteiger partial charge in [0.2, 0.25) is 0 Å². The van der Waals surface area contributed by atoms with Crippen LogP contribution in [0.5, 0.6) is 11.5 Å². The predicted molar refractivity (Wildman–Crippen MR) is 161 cm³/mol. The molecule has 0 spiro atoms. The molecule has 0 unspecified atom stereocenters. The molecule has 4 rings (SSSR count). The molecule has 0 radical (unpaired) electrons. The molecule has 0 aliphatic heterocycles. The summed E-state index contributed by atoms with van der Waals surface area (Å²) in [5.41, 5.74) is 2.70. The van der Waals surface area contributed by atoms with E-state index >= 15 is 0 Å². The van der Waals surface area contributed by atoms with Gasteiger partial charge in [0.1, 0.15) is 12.4 Å². The van der Waals surface area contributed by atoms with Crippen molar-refractivity contribution in [3.63, 3.8) is 0 Å². The van der Waals surface area contributed by atoms with Gasteiger partial charge in [0.15, 0.2) is 11.5 Å². The number of hydrogen-bond acceptors (Lipinski definition) is 5. The fraction of sp³-hybridized carbons (Fsp3) is 0.233. The summed E-state index contributed by atoms with van der Waals surface area (Å²) < 4.78 is 15.1. The van der Waals surface area contributed by atoms with Crippen molar-refractivity contribution in [3.05, 3.63) is 109 Å². The van der Waals surface area contributed by atoms with E-state index in [9.17, 15) is 4.79 Å². The molecule has 38 heavy (non-hydrogen) atoms. The summed E-state index contributed by atoms with van der Waals surface area (Å²) in [4.78, 5) is 18.3. The van der Waals surface area contributed by atoms with E-state index in [-0.39, 0.29) is 5.56 Å². The molecule has 6 nitrogen and oxygen atoms in total. The molecule has 0 aliphatic rings. The minimum Gasteiger partial charge on any atom is -0.493 e. The Labute approximate surface area is 239 Å². The molecule has 0 N–H and O–H groups in total. The molecule has 3 aromatic carbocycles. The summed E-state index contributed by atoms with van der Waals surface area (Å²) in [5.74, 6) is 1.80. The first kappa shape index (κ1) is 27.8. The Balaban J connectivity index is 1.76. The van der Waals surface area contributed by atoms with Crippen LogP contribution in [0.25, 0.3) is 10.9 Å². The van der Waals surface area contributed by atoms with Gasteiger partial charge in [-0.2, -0.15) is 9.78 Å². The van der Waals surface area contributed by atoms with Crippen LogP contribution in [-0.2, 0) is 18.4 Å². The monoisotopic (exact) mass is 637 g/mol. The Bertz CT molecular complexity index is 1570. The number of ether oxygens (including phenoxy) is 2. The van der Waals surface area contributed by atoms with Gasteiger partial charge in [0.05, 0.1) is 24.2 Å². The maximum atomic E-state index is 13.5. The Morgan fingerprint density at radius 2 is 1.76 bits per heavy atom. The highest BCUT2D eigenvalue weighted by atomic mass is 79.9. The molecule has 8 heteroatoms. The molecular weight excluding hydrogens is 610 g/mol. The highest BCUT2D eigenvalue weighted by Crippen LogP contribution is 2.34. The summed E-state index contributed by atoms with van der Waals surface area (Å²) in [6, 6.07) is 17.3. The number of hydrogen-bond donors (Lipinski definition) is 0. The van der Waals surface area contributed by atoms with Crippen molar-refractivity contribution in [3.8, 4) is 11.5 Å². The normalized spacial score (nSPS) is 11.7. The molecule has 1 aromatic heterocycles. The van der Waals surface area contributed by atoms with Crippen LogP contribution in [0.3, 0.4) is 0 Å². The van der Waals surface area contributed by atoms with Crippen molar-refractivity contribution in [2.24, 2.45) is 5.10 Å². The number of allylic oxidation sites excluding steroid dienone is 1. The van der Waals surface area contributed by atoms with Gasteiger partial charge >= 0.3 is 0 Å². The Hall–Kier alpha value is -3.23. The maximum Gasteiger partial charge on any atom is 0.282 e. The number of rotatable bonds is 8. The highest BCUT2D eigenvalue weighted by Gasteiger charge is 2.23. The van der Waals surface area contributed by atoms with E-state index in [2.05, 4.69) is 43.5 Å². The van der Waals surface area contributed by atoms with Crippen molar-refractivity contribution in [2.45, 2.75) is 39.2 Å². The molecule has 0 saturated heterocycles. The standard InChI is InChI=1S/C30H29Br2N3O3/c1-6-7-21-14-20(15-26(37-5)27(21)38-18-19-8-10-22(31)11-9-19)17-33-35-28(36)24-16-23(32)12-13-25(24)34-29(35)30(2,3)4/h6,8-17H,1,7,18H2,2-5H3. The topological polar surface area (TPSA) is 65.7 Å².